The summed E-state index contributed by atoms with van der Waals surface area (Å²) in [6, 6.07) is 42.8. The van der Waals surface area contributed by atoms with Gasteiger partial charge in [-0.1, -0.05) is 96.6 Å². The van der Waals surface area contributed by atoms with Crippen molar-refractivity contribution in [3.05, 3.63) is 138 Å². The van der Waals surface area contributed by atoms with Crippen molar-refractivity contribution < 1.29 is 4.42 Å². The van der Waals surface area contributed by atoms with Crippen molar-refractivity contribution in [2.45, 2.75) is 20.8 Å². The molecule has 0 N–H and O–H groups in total. The van der Waals surface area contributed by atoms with Gasteiger partial charge in [0, 0.05) is 5.56 Å². The Kier molecular flexibility index (Phi) is 5.90. The van der Waals surface area contributed by atoms with Crippen molar-refractivity contribution in [2.75, 3.05) is 0 Å². The Balaban J connectivity index is 1.75. The molecular weight excluding hydrogens is 448 g/mol. The predicted octanol–water partition coefficient (Wildman–Crippen LogP) is 10.3. The van der Waals surface area contributed by atoms with E-state index in [1.54, 1.807) is 0 Å². The molecule has 37 heavy (non-hydrogen) atoms. The van der Waals surface area contributed by atoms with Crippen LogP contribution in [0, 0.1) is 20.8 Å². The molecule has 0 atom stereocenters. The summed E-state index contributed by atoms with van der Waals surface area (Å²) < 4.78 is 6.78. The Hall–Kier alpha value is -4.49. The van der Waals surface area contributed by atoms with E-state index >= 15 is 0 Å². The number of aryl methyl sites for hydroxylation is 3. The Labute approximate surface area is 219 Å². The lowest BCUT2D eigenvalue weighted by Crippen LogP contribution is -1.93. The largest absolute Gasteiger partial charge is 0.369 e. The van der Waals surface area contributed by atoms with Gasteiger partial charge in [0.05, 0.1) is 22.8 Å². The van der Waals surface area contributed by atoms with Crippen LogP contribution >= 0.6 is 0 Å². The lowest BCUT2D eigenvalue weighted by atomic mass is 9.89. The van der Waals surface area contributed by atoms with E-state index in [-0.39, 0.29) is 0 Å². The molecule has 6 rings (SSSR count). The second-order valence-electron chi connectivity index (χ2n) is 9.76. The van der Waals surface area contributed by atoms with Gasteiger partial charge in [-0.2, -0.15) is 0 Å². The summed E-state index contributed by atoms with van der Waals surface area (Å²) in [4.78, 5) is 0. The van der Waals surface area contributed by atoms with E-state index in [1.165, 1.54) is 38.9 Å². The van der Waals surface area contributed by atoms with Crippen LogP contribution in [0.15, 0.2) is 126 Å². The fourth-order valence-electron chi connectivity index (χ4n) is 5.49. The molecule has 1 heteroatoms. The summed E-state index contributed by atoms with van der Waals surface area (Å²) in [5.74, 6) is 1.73. The van der Waals surface area contributed by atoms with E-state index in [4.69, 9.17) is 4.42 Å². The van der Waals surface area contributed by atoms with Crippen molar-refractivity contribution in [2.24, 2.45) is 0 Å². The first-order valence-electron chi connectivity index (χ1n) is 12.8. The van der Waals surface area contributed by atoms with Crippen LogP contribution in [0.3, 0.4) is 0 Å². The average molecular weight is 478 g/mol. The topological polar surface area (TPSA) is 11.3 Å². The van der Waals surface area contributed by atoms with Gasteiger partial charge in [0.1, 0.15) is 0 Å². The molecule has 0 saturated carbocycles. The van der Waals surface area contributed by atoms with Gasteiger partial charge in [-0.05, 0) is 78.4 Å². The standard InChI is InChI=1S/C36H29O/c1-24-21-25(2)30-19-20-31(34(30)26(3)22-24)32-23-33(27-13-7-4-8-14-27)37-36(29-17-11-6-12-18-29)35(32)28-15-9-5-10-16-28/h4-23H,1-3H3/q+1. The molecule has 1 nitrogen and oxygen atoms in total. The maximum absolute atomic E-state index is 6.78. The summed E-state index contributed by atoms with van der Waals surface area (Å²) in [7, 11) is 0. The zero-order valence-electron chi connectivity index (χ0n) is 21.5. The Morgan fingerprint density at radius 2 is 0.973 bits per heavy atom. The molecule has 2 aliphatic rings. The molecule has 0 spiro atoms. The predicted molar refractivity (Wildman–Crippen MR) is 156 cm³/mol. The number of benzene rings is 3. The van der Waals surface area contributed by atoms with E-state index in [0.29, 0.717) is 0 Å². The molecule has 3 aromatic carbocycles. The molecule has 1 aromatic heterocycles. The van der Waals surface area contributed by atoms with Gasteiger partial charge < -0.3 is 0 Å². The average Bonchev–Trinajstić information content (AvgIpc) is 3.35. The van der Waals surface area contributed by atoms with Gasteiger partial charge in [-0.3, -0.25) is 0 Å². The van der Waals surface area contributed by atoms with Crippen molar-refractivity contribution in [3.8, 4) is 56.0 Å². The highest BCUT2D eigenvalue weighted by molar-refractivity contribution is 6.00. The SMILES string of the molecule is Cc1cc(C)c2ccc(-c3cc(-c4ccccc4)[o+]c(-c4ccccc4)c3-c3ccccc3)c-2c(C)c1. The molecule has 0 radical (unpaired) electrons. The minimum atomic E-state index is 0.856. The molecule has 178 valence electrons. The third kappa shape index (κ3) is 4.23. The van der Waals surface area contributed by atoms with Gasteiger partial charge in [0.2, 0.25) is 0 Å². The van der Waals surface area contributed by atoms with Crippen LogP contribution in [0.1, 0.15) is 16.7 Å². The second-order valence-corrected chi connectivity index (χ2v) is 9.76. The maximum Gasteiger partial charge on any atom is 0.369 e. The van der Waals surface area contributed by atoms with Crippen LogP contribution in [-0.2, 0) is 0 Å². The molecular formula is C36H29O+. The highest BCUT2D eigenvalue weighted by Crippen LogP contribution is 2.48. The third-order valence-electron chi connectivity index (χ3n) is 7.09. The van der Waals surface area contributed by atoms with E-state index in [2.05, 4.69) is 130 Å². The molecule has 0 saturated heterocycles. The summed E-state index contributed by atoms with van der Waals surface area (Å²) in [6.07, 6.45) is 0. The first-order chi connectivity index (χ1) is 18.1. The Bertz CT molecular complexity index is 1670. The van der Waals surface area contributed by atoms with Crippen LogP contribution in [0.2, 0.25) is 0 Å². The monoisotopic (exact) mass is 477 g/mol. The maximum atomic E-state index is 6.78. The van der Waals surface area contributed by atoms with Gasteiger partial charge in [0.15, 0.2) is 0 Å². The van der Waals surface area contributed by atoms with Gasteiger partial charge >= 0.3 is 11.5 Å². The van der Waals surface area contributed by atoms with Gasteiger partial charge in [0.25, 0.3) is 0 Å². The Morgan fingerprint density at radius 1 is 0.432 bits per heavy atom. The number of hydrogen-bond acceptors (Lipinski definition) is 0. The summed E-state index contributed by atoms with van der Waals surface area (Å²) in [5, 5.41) is 0. The summed E-state index contributed by atoms with van der Waals surface area (Å²) in [6.45, 7) is 6.61. The van der Waals surface area contributed by atoms with Crippen LogP contribution in [0.25, 0.3) is 56.0 Å². The summed E-state index contributed by atoms with van der Waals surface area (Å²) >= 11 is 0. The van der Waals surface area contributed by atoms with Crippen molar-refractivity contribution in [1.82, 2.24) is 0 Å². The third-order valence-corrected chi connectivity index (χ3v) is 7.09. The van der Waals surface area contributed by atoms with Crippen molar-refractivity contribution >= 4 is 0 Å². The van der Waals surface area contributed by atoms with Gasteiger partial charge in [-0.15, -0.1) is 0 Å². The van der Waals surface area contributed by atoms with Crippen LogP contribution < -0.4 is 0 Å². The van der Waals surface area contributed by atoms with Crippen molar-refractivity contribution in [1.29, 1.82) is 0 Å². The molecule has 0 amide bonds. The van der Waals surface area contributed by atoms with E-state index < -0.39 is 0 Å². The van der Waals surface area contributed by atoms with E-state index in [1.807, 2.05) is 12.1 Å². The quantitative estimate of drug-likeness (QED) is 0.230. The summed E-state index contributed by atoms with van der Waals surface area (Å²) in [5.41, 5.74) is 13.2. The fraction of sp³-hybridized carbons (Fsp3) is 0.0833. The number of hydrogen-bond donors (Lipinski definition) is 0. The number of rotatable bonds is 4. The highest BCUT2D eigenvalue weighted by Gasteiger charge is 2.30. The fourth-order valence-corrected chi connectivity index (χ4v) is 5.49. The first kappa shape index (κ1) is 22.9. The zero-order valence-corrected chi connectivity index (χ0v) is 21.5. The molecule has 0 aliphatic heterocycles. The zero-order chi connectivity index (χ0) is 25.4. The van der Waals surface area contributed by atoms with E-state index in [0.717, 1.165) is 33.8 Å². The minimum Gasteiger partial charge on any atom is -0.206 e. The normalized spacial score (nSPS) is 11.1. The molecule has 4 aromatic rings. The molecule has 2 aliphatic carbocycles. The van der Waals surface area contributed by atoms with Crippen molar-refractivity contribution in [3.63, 3.8) is 0 Å². The van der Waals surface area contributed by atoms with Gasteiger partial charge in [-0.25, -0.2) is 4.42 Å². The minimum absolute atomic E-state index is 0.856. The smallest absolute Gasteiger partial charge is 0.206 e. The van der Waals surface area contributed by atoms with Crippen LogP contribution in [0.4, 0.5) is 0 Å². The Morgan fingerprint density at radius 3 is 1.62 bits per heavy atom. The molecule has 0 unspecified atom stereocenters. The lowest BCUT2D eigenvalue weighted by molar-refractivity contribution is 0.584. The lowest BCUT2D eigenvalue weighted by Gasteiger charge is -2.12. The first-order valence-corrected chi connectivity index (χ1v) is 12.8. The second kappa shape index (κ2) is 9.52. The molecule has 0 bridgehead atoms. The molecule has 0 fully saturated rings. The van der Waals surface area contributed by atoms with Crippen LogP contribution in [0.5, 0.6) is 0 Å². The molecule has 1 heterocycles. The van der Waals surface area contributed by atoms with E-state index in [9.17, 15) is 0 Å². The number of fused-ring (bicyclic) bond motifs is 1. The van der Waals surface area contributed by atoms with Crippen LogP contribution in [-0.4, -0.2) is 0 Å². The highest BCUT2D eigenvalue weighted by atomic mass is 16.3.